The highest BCUT2D eigenvalue weighted by Crippen LogP contribution is 2.20. The second-order valence-electron chi connectivity index (χ2n) is 6.04. The summed E-state index contributed by atoms with van der Waals surface area (Å²) in [7, 11) is 0. The molecule has 6 nitrogen and oxygen atoms in total. The summed E-state index contributed by atoms with van der Waals surface area (Å²) in [6.07, 6.45) is 0. The van der Waals surface area contributed by atoms with E-state index in [0.717, 1.165) is 22.5 Å². The Morgan fingerprint density at radius 1 is 1.00 bits per heavy atom. The van der Waals surface area contributed by atoms with Crippen LogP contribution in [0, 0.1) is 6.92 Å². The zero-order valence-corrected chi connectivity index (χ0v) is 15.5. The van der Waals surface area contributed by atoms with Gasteiger partial charge in [0.1, 0.15) is 0 Å². The van der Waals surface area contributed by atoms with E-state index in [9.17, 15) is 4.79 Å². The average Bonchev–Trinajstić information content (AvgIpc) is 3.11. The Kier molecular flexibility index (Phi) is 4.84. The lowest BCUT2D eigenvalue weighted by Gasteiger charge is -2.05. The molecule has 134 valence electrons. The number of fused-ring (bicyclic) bond motifs is 1. The van der Waals surface area contributed by atoms with E-state index in [1.807, 2.05) is 73.7 Å². The molecule has 0 aliphatic carbocycles. The molecule has 1 amide bonds. The molecule has 0 aliphatic rings. The monoisotopic (exact) mass is 375 g/mol. The first-order valence-corrected chi connectivity index (χ1v) is 9.45. The maximum absolute atomic E-state index is 12.2. The molecule has 0 radical (unpaired) electrons. The van der Waals surface area contributed by atoms with Crippen molar-refractivity contribution < 1.29 is 4.79 Å². The van der Waals surface area contributed by atoms with E-state index in [2.05, 4.69) is 20.6 Å². The molecule has 4 aromatic rings. The highest BCUT2D eigenvalue weighted by Gasteiger charge is 2.11. The molecular formula is C20H17N5OS. The lowest BCUT2D eigenvalue weighted by Crippen LogP contribution is -2.14. The SMILES string of the molecule is Cc1ccc(NC(=O)CSc2nnc3ccc(-c4ccccc4)nn23)cc1. The van der Waals surface area contributed by atoms with Crippen LogP contribution in [-0.4, -0.2) is 31.5 Å². The second-order valence-corrected chi connectivity index (χ2v) is 6.98. The third kappa shape index (κ3) is 3.98. The number of amides is 1. The Labute approximate surface area is 160 Å². The molecular weight excluding hydrogens is 358 g/mol. The van der Waals surface area contributed by atoms with E-state index in [4.69, 9.17) is 0 Å². The van der Waals surface area contributed by atoms with Gasteiger partial charge in [-0.2, -0.15) is 9.61 Å². The van der Waals surface area contributed by atoms with Gasteiger partial charge < -0.3 is 5.32 Å². The normalized spacial score (nSPS) is 10.9. The highest BCUT2D eigenvalue weighted by atomic mass is 32.2. The number of aryl methyl sites for hydroxylation is 1. The fourth-order valence-corrected chi connectivity index (χ4v) is 3.27. The van der Waals surface area contributed by atoms with Crippen LogP contribution in [0.4, 0.5) is 5.69 Å². The molecule has 2 aromatic heterocycles. The standard InChI is InChI=1S/C20H17N5OS/c1-14-7-9-16(10-8-14)21-19(26)13-27-20-23-22-18-12-11-17(24-25(18)20)15-5-3-2-4-6-15/h2-12H,13H2,1H3,(H,21,26). The van der Waals surface area contributed by atoms with Gasteiger partial charge in [-0.05, 0) is 31.2 Å². The van der Waals surface area contributed by atoms with Crippen LogP contribution in [0.5, 0.6) is 0 Å². The topological polar surface area (TPSA) is 72.2 Å². The summed E-state index contributed by atoms with van der Waals surface area (Å²) in [5.74, 6) is 0.131. The Morgan fingerprint density at radius 2 is 1.78 bits per heavy atom. The number of hydrogen-bond acceptors (Lipinski definition) is 5. The predicted molar refractivity (Wildman–Crippen MR) is 107 cm³/mol. The molecule has 27 heavy (non-hydrogen) atoms. The van der Waals surface area contributed by atoms with E-state index in [-0.39, 0.29) is 11.7 Å². The second kappa shape index (κ2) is 7.59. The minimum atomic E-state index is -0.0974. The number of carbonyl (C=O) groups is 1. The molecule has 1 N–H and O–H groups in total. The molecule has 0 saturated carbocycles. The lowest BCUT2D eigenvalue weighted by atomic mass is 10.1. The van der Waals surface area contributed by atoms with Crippen LogP contribution in [0.2, 0.25) is 0 Å². The summed E-state index contributed by atoms with van der Waals surface area (Å²) < 4.78 is 1.67. The molecule has 2 aromatic carbocycles. The third-order valence-corrected chi connectivity index (χ3v) is 4.89. The minimum Gasteiger partial charge on any atom is -0.325 e. The maximum Gasteiger partial charge on any atom is 0.234 e. The number of carbonyl (C=O) groups excluding carboxylic acids is 1. The van der Waals surface area contributed by atoms with Gasteiger partial charge in [0.25, 0.3) is 0 Å². The van der Waals surface area contributed by atoms with Crippen molar-refractivity contribution in [2.45, 2.75) is 12.1 Å². The molecule has 0 fully saturated rings. The average molecular weight is 375 g/mol. The Bertz CT molecular complexity index is 1080. The Balaban J connectivity index is 1.48. The Hall–Kier alpha value is -3.19. The van der Waals surface area contributed by atoms with Crippen LogP contribution in [0.1, 0.15) is 5.56 Å². The molecule has 0 atom stereocenters. The summed E-state index contributed by atoms with van der Waals surface area (Å²) in [4.78, 5) is 12.2. The maximum atomic E-state index is 12.2. The van der Waals surface area contributed by atoms with Crippen LogP contribution in [0.15, 0.2) is 71.9 Å². The number of nitrogens with zero attached hydrogens (tertiary/aromatic N) is 4. The molecule has 4 rings (SSSR count). The first kappa shape index (κ1) is 17.2. The molecule has 0 spiro atoms. The van der Waals surface area contributed by atoms with E-state index in [1.165, 1.54) is 11.8 Å². The fraction of sp³-hybridized carbons (Fsp3) is 0.100. The summed E-state index contributed by atoms with van der Waals surface area (Å²) in [6, 6.07) is 21.4. The molecule has 0 unspecified atom stereocenters. The van der Waals surface area contributed by atoms with Crippen LogP contribution < -0.4 is 5.32 Å². The van der Waals surface area contributed by atoms with Crippen molar-refractivity contribution in [3.63, 3.8) is 0 Å². The molecule has 0 bridgehead atoms. The van der Waals surface area contributed by atoms with Crippen LogP contribution >= 0.6 is 11.8 Å². The summed E-state index contributed by atoms with van der Waals surface area (Å²) in [5, 5.41) is 16.4. The van der Waals surface area contributed by atoms with Gasteiger partial charge in [-0.3, -0.25) is 4.79 Å². The third-order valence-electron chi connectivity index (χ3n) is 3.97. The first-order valence-electron chi connectivity index (χ1n) is 8.46. The van der Waals surface area contributed by atoms with Gasteiger partial charge in [-0.25, -0.2) is 0 Å². The predicted octanol–water partition coefficient (Wildman–Crippen LogP) is 3.83. The van der Waals surface area contributed by atoms with Crippen molar-refractivity contribution in [3.8, 4) is 11.3 Å². The van der Waals surface area contributed by atoms with Crippen molar-refractivity contribution >= 4 is 29.0 Å². The fourth-order valence-electron chi connectivity index (χ4n) is 2.59. The molecule has 0 aliphatic heterocycles. The summed E-state index contributed by atoms with van der Waals surface area (Å²) >= 11 is 1.31. The first-order chi connectivity index (χ1) is 13.2. The number of anilines is 1. The van der Waals surface area contributed by atoms with Crippen molar-refractivity contribution in [1.82, 2.24) is 19.8 Å². The number of aromatic nitrogens is 4. The molecule has 2 heterocycles. The van der Waals surface area contributed by atoms with Crippen molar-refractivity contribution in [1.29, 1.82) is 0 Å². The van der Waals surface area contributed by atoms with Gasteiger partial charge in [0, 0.05) is 11.3 Å². The van der Waals surface area contributed by atoms with Crippen LogP contribution in [0.25, 0.3) is 16.9 Å². The molecule has 7 heteroatoms. The van der Waals surface area contributed by atoms with Gasteiger partial charge >= 0.3 is 0 Å². The van der Waals surface area contributed by atoms with Gasteiger partial charge in [-0.15, -0.1) is 10.2 Å². The van der Waals surface area contributed by atoms with Crippen molar-refractivity contribution in [2.75, 3.05) is 11.1 Å². The van der Waals surface area contributed by atoms with E-state index in [1.54, 1.807) is 4.52 Å². The van der Waals surface area contributed by atoms with Gasteiger partial charge in [-0.1, -0.05) is 59.8 Å². The minimum absolute atomic E-state index is 0.0974. The summed E-state index contributed by atoms with van der Waals surface area (Å²) in [6.45, 7) is 2.01. The highest BCUT2D eigenvalue weighted by molar-refractivity contribution is 7.99. The van der Waals surface area contributed by atoms with E-state index < -0.39 is 0 Å². The number of thioether (sulfide) groups is 1. The van der Waals surface area contributed by atoms with Gasteiger partial charge in [0.15, 0.2) is 5.65 Å². The largest absolute Gasteiger partial charge is 0.325 e. The smallest absolute Gasteiger partial charge is 0.234 e. The molecule has 0 saturated heterocycles. The van der Waals surface area contributed by atoms with Crippen LogP contribution in [-0.2, 0) is 4.79 Å². The van der Waals surface area contributed by atoms with E-state index in [0.29, 0.717) is 10.8 Å². The zero-order chi connectivity index (χ0) is 18.6. The van der Waals surface area contributed by atoms with Crippen molar-refractivity contribution in [2.24, 2.45) is 0 Å². The number of benzene rings is 2. The van der Waals surface area contributed by atoms with Crippen molar-refractivity contribution in [3.05, 3.63) is 72.3 Å². The van der Waals surface area contributed by atoms with E-state index >= 15 is 0 Å². The Morgan fingerprint density at radius 3 is 2.56 bits per heavy atom. The lowest BCUT2D eigenvalue weighted by molar-refractivity contribution is -0.113. The summed E-state index contributed by atoms with van der Waals surface area (Å²) in [5.41, 5.74) is 4.42. The number of nitrogens with one attached hydrogen (secondary N) is 1. The number of hydrogen-bond donors (Lipinski definition) is 1. The number of rotatable bonds is 5. The quantitative estimate of drug-likeness (QED) is 0.537. The van der Waals surface area contributed by atoms with Crippen LogP contribution in [0.3, 0.4) is 0 Å². The zero-order valence-electron chi connectivity index (χ0n) is 14.7. The van der Waals surface area contributed by atoms with Gasteiger partial charge in [0.2, 0.25) is 11.1 Å². The van der Waals surface area contributed by atoms with Gasteiger partial charge in [0.05, 0.1) is 11.4 Å².